The van der Waals surface area contributed by atoms with Gasteiger partial charge in [0.25, 0.3) is 0 Å². The Morgan fingerprint density at radius 1 is 1.28 bits per heavy atom. The quantitative estimate of drug-likeness (QED) is 0.814. The van der Waals surface area contributed by atoms with Gasteiger partial charge in [-0.15, -0.1) is 0 Å². The van der Waals surface area contributed by atoms with Crippen LogP contribution in [0.1, 0.15) is 82.8 Å². The zero-order chi connectivity index (χ0) is 17.8. The van der Waals surface area contributed by atoms with Crippen LogP contribution >= 0.6 is 0 Å². The molecule has 25 heavy (non-hydrogen) atoms. The Kier molecular flexibility index (Phi) is 6.10. The van der Waals surface area contributed by atoms with Crippen molar-refractivity contribution in [2.24, 2.45) is 5.92 Å². The lowest BCUT2D eigenvalue weighted by Crippen LogP contribution is -2.42. The fraction of sp³-hybridized carbons (Fsp3) is 0.842. The van der Waals surface area contributed by atoms with Gasteiger partial charge in [-0.05, 0) is 31.6 Å². The minimum Gasteiger partial charge on any atom is -0.368 e. The monoisotopic (exact) mass is 349 g/mol. The molecule has 1 amide bonds. The van der Waals surface area contributed by atoms with E-state index in [9.17, 15) is 4.79 Å². The number of carbonyl (C=O) groups is 1. The van der Waals surface area contributed by atoms with Gasteiger partial charge in [0.2, 0.25) is 11.8 Å². The first-order chi connectivity index (χ1) is 12.0. The number of nitrogens with zero attached hydrogens (tertiary/aromatic N) is 3. The van der Waals surface area contributed by atoms with Crippen molar-refractivity contribution in [2.75, 3.05) is 19.7 Å². The molecule has 0 N–H and O–H groups in total. The van der Waals surface area contributed by atoms with Crippen LogP contribution in [0.25, 0.3) is 0 Å². The van der Waals surface area contributed by atoms with Crippen LogP contribution in [0.3, 0.4) is 0 Å². The summed E-state index contributed by atoms with van der Waals surface area (Å²) in [6.07, 6.45) is 7.00. The van der Waals surface area contributed by atoms with Crippen molar-refractivity contribution < 1.29 is 14.1 Å². The highest BCUT2D eigenvalue weighted by Crippen LogP contribution is 2.28. The molecule has 0 aromatic carbocycles. The predicted molar refractivity (Wildman–Crippen MR) is 94.3 cm³/mol. The predicted octanol–water partition coefficient (Wildman–Crippen LogP) is 3.49. The molecule has 6 nitrogen and oxygen atoms in total. The number of likely N-dealkylation sites (tertiary alicyclic amines) is 1. The minimum absolute atomic E-state index is 0.0926. The van der Waals surface area contributed by atoms with E-state index in [0.717, 1.165) is 31.6 Å². The Morgan fingerprint density at radius 3 is 2.80 bits per heavy atom. The molecule has 0 unspecified atom stereocenters. The van der Waals surface area contributed by atoms with E-state index < -0.39 is 0 Å². The van der Waals surface area contributed by atoms with E-state index in [-0.39, 0.29) is 30.5 Å². The van der Waals surface area contributed by atoms with Gasteiger partial charge in [0.15, 0.2) is 5.82 Å². The van der Waals surface area contributed by atoms with Crippen molar-refractivity contribution in [1.29, 1.82) is 0 Å². The van der Waals surface area contributed by atoms with Crippen LogP contribution in [0.2, 0.25) is 0 Å². The van der Waals surface area contributed by atoms with E-state index in [4.69, 9.17) is 9.26 Å². The van der Waals surface area contributed by atoms with Gasteiger partial charge in [0, 0.05) is 24.9 Å². The summed E-state index contributed by atoms with van der Waals surface area (Å²) in [6, 6.07) is 0. The Bertz CT molecular complexity index is 572. The molecule has 1 aliphatic carbocycles. The summed E-state index contributed by atoms with van der Waals surface area (Å²) in [7, 11) is 0. The van der Waals surface area contributed by atoms with Crippen molar-refractivity contribution in [3.05, 3.63) is 11.7 Å². The van der Waals surface area contributed by atoms with Crippen LogP contribution < -0.4 is 0 Å². The van der Waals surface area contributed by atoms with E-state index in [0.29, 0.717) is 18.4 Å². The molecule has 1 saturated carbocycles. The summed E-state index contributed by atoms with van der Waals surface area (Å²) in [5.74, 6) is 2.46. The van der Waals surface area contributed by atoms with Crippen LogP contribution in [0, 0.1) is 5.92 Å². The maximum atomic E-state index is 12.6. The van der Waals surface area contributed by atoms with Crippen LogP contribution in [-0.4, -0.2) is 46.7 Å². The number of hydrogen-bond acceptors (Lipinski definition) is 5. The average Bonchev–Trinajstić information content (AvgIpc) is 3.11. The third-order valence-corrected chi connectivity index (χ3v) is 5.54. The zero-order valence-corrected chi connectivity index (χ0v) is 15.7. The van der Waals surface area contributed by atoms with E-state index in [1.54, 1.807) is 0 Å². The van der Waals surface area contributed by atoms with Gasteiger partial charge >= 0.3 is 0 Å². The lowest BCUT2D eigenvalue weighted by molar-refractivity contribution is -0.141. The maximum absolute atomic E-state index is 12.6. The Hall–Kier alpha value is -1.43. The molecule has 3 rings (SSSR count). The van der Waals surface area contributed by atoms with Crippen LogP contribution in [0.4, 0.5) is 0 Å². The lowest BCUT2D eigenvalue weighted by atomic mass is 9.88. The topological polar surface area (TPSA) is 68.5 Å². The van der Waals surface area contributed by atoms with Crippen molar-refractivity contribution >= 4 is 5.91 Å². The fourth-order valence-electron chi connectivity index (χ4n) is 3.86. The first kappa shape index (κ1) is 18.4. The second-order valence-corrected chi connectivity index (χ2v) is 7.94. The number of amides is 1. The molecular weight excluding hydrogens is 318 g/mol. The molecule has 6 heteroatoms. The largest absolute Gasteiger partial charge is 0.368 e. The van der Waals surface area contributed by atoms with Gasteiger partial charge in [-0.25, -0.2) is 0 Å². The fourth-order valence-corrected chi connectivity index (χ4v) is 3.86. The number of piperidine rings is 1. The second-order valence-electron chi connectivity index (χ2n) is 7.94. The van der Waals surface area contributed by atoms with Crippen molar-refractivity contribution in [3.8, 4) is 0 Å². The van der Waals surface area contributed by atoms with E-state index in [2.05, 4.69) is 17.1 Å². The van der Waals surface area contributed by atoms with Gasteiger partial charge < -0.3 is 14.2 Å². The zero-order valence-electron chi connectivity index (χ0n) is 15.7. The molecule has 2 heterocycles. The number of rotatable bonds is 5. The van der Waals surface area contributed by atoms with Crippen molar-refractivity contribution in [3.63, 3.8) is 0 Å². The summed E-state index contributed by atoms with van der Waals surface area (Å²) in [5.41, 5.74) is 0. The molecule has 2 fully saturated rings. The molecule has 1 saturated heterocycles. The standard InChI is InChI=1S/C19H31N3O3/c1-13(2)19-20-18(21-25-19)15-8-6-10-22(11-15)17(23)12-24-16-9-5-4-7-14(16)3/h13-16H,4-12H2,1-3H3/t14-,15+,16+/m0/s1. The summed E-state index contributed by atoms with van der Waals surface area (Å²) >= 11 is 0. The van der Waals surface area contributed by atoms with Gasteiger partial charge in [-0.1, -0.05) is 38.8 Å². The Labute approximate surface area is 150 Å². The molecule has 140 valence electrons. The third kappa shape index (κ3) is 4.60. The highest BCUT2D eigenvalue weighted by Gasteiger charge is 2.29. The first-order valence-corrected chi connectivity index (χ1v) is 9.77. The Morgan fingerprint density at radius 2 is 2.08 bits per heavy atom. The molecule has 2 aliphatic rings. The van der Waals surface area contributed by atoms with E-state index in [1.165, 1.54) is 19.3 Å². The molecule has 0 spiro atoms. The van der Waals surface area contributed by atoms with E-state index >= 15 is 0 Å². The second kappa shape index (κ2) is 8.30. The number of carbonyl (C=O) groups excluding carboxylic acids is 1. The molecule has 0 bridgehead atoms. The highest BCUT2D eigenvalue weighted by atomic mass is 16.5. The van der Waals surface area contributed by atoms with Gasteiger partial charge in [0.1, 0.15) is 6.61 Å². The molecule has 1 aliphatic heterocycles. The summed E-state index contributed by atoms with van der Waals surface area (Å²) in [5, 5.41) is 4.13. The SMILES string of the molecule is CC(C)c1nc([C@@H]2CCCN(C(=O)CO[C@@H]3CCCC[C@@H]3C)C2)no1. The molecule has 1 aromatic rings. The molecule has 3 atom stereocenters. The van der Waals surface area contributed by atoms with Crippen molar-refractivity contribution in [1.82, 2.24) is 15.0 Å². The normalized spacial score (nSPS) is 27.7. The smallest absolute Gasteiger partial charge is 0.248 e. The number of ether oxygens (including phenoxy) is 1. The number of aromatic nitrogens is 2. The summed E-state index contributed by atoms with van der Waals surface area (Å²) < 4.78 is 11.3. The highest BCUT2D eigenvalue weighted by molar-refractivity contribution is 5.77. The van der Waals surface area contributed by atoms with Crippen LogP contribution in [0.15, 0.2) is 4.52 Å². The molecule has 0 radical (unpaired) electrons. The van der Waals surface area contributed by atoms with Gasteiger partial charge in [0.05, 0.1) is 6.10 Å². The summed E-state index contributed by atoms with van der Waals surface area (Å²) in [6.45, 7) is 7.97. The third-order valence-electron chi connectivity index (χ3n) is 5.54. The van der Waals surface area contributed by atoms with E-state index in [1.807, 2.05) is 18.7 Å². The first-order valence-electron chi connectivity index (χ1n) is 9.77. The summed E-state index contributed by atoms with van der Waals surface area (Å²) in [4.78, 5) is 19.0. The Balaban J connectivity index is 1.52. The number of hydrogen-bond donors (Lipinski definition) is 0. The average molecular weight is 349 g/mol. The van der Waals surface area contributed by atoms with Gasteiger partial charge in [-0.3, -0.25) is 4.79 Å². The van der Waals surface area contributed by atoms with Gasteiger partial charge in [-0.2, -0.15) is 4.98 Å². The maximum Gasteiger partial charge on any atom is 0.248 e. The molecular formula is C19H31N3O3. The minimum atomic E-state index is 0.0926. The van der Waals surface area contributed by atoms with Crippen molar-refractivity contribution in [2.45, 2.75) is 77.2 Å². The lowest BCUT2D eigenvalue weighted by Gasteiger charge is -2.33. The molecule has 1 aromatic heterocycles. The van der Waals surface area contributed by atoms with Crippen LogP contribution in [-0.2, 0) is 9.53 Å². The van der Waals surface area contributed by atoms with Crippen LogP contribution in [0.5, 0.6) is 0 Å².